The number of aryl methyl sites for hydroxylation is 1. The molecule has 1 fully saturated rings. The molecule has 0 unspecified atom stereocenters. The zero-order valence-electron chi connectivity index (χ0n) is 18.3. The highest BCUT2D eigenvalue weighted by Gasteiger charge is 2.19. The van der Waals surface area contributed by atoms with Gasteiger partial charge >= 0.3 is 0 Å². The third-order valence-electron chi connectivity index (χ3n) is 5.22. The number of hydrogen-bond acceptors (Lipinski definition) is 7. The fourth-order valence-corrected chi connectivity index (χ4v) is 3.86. The van der Waals surface area contributed by atoms with Crippen LogP contribution in [-0.2, 0) is 9.53 Å². The fourth-order valence-electron chi connectivity index (χ4n) is 3.50. The Balaban J connectivity index is 1.63. The van der Waals surface area contributed by atoms with Crippen LogP contribution in [0.3, 0.4) is 0 Å². The van der Waals surface area contributed by atoms with Gasteiger partial charge in [0.25, 0.3) is 11.5 Å². The van der Waals surface area contributed by atoms with E-state index < -0.39 is 0 Å². The van der Waals surface area contributed by atoms with Crippen LogP contribution in [0.4, 0.5) is 0 Å². The van der Waals surface area contributed by atoms with Crippen molar-refractivity contribution in [2.75, 3.05) is 40.0 Å². The van der Waals surface area contributed by atoms with Crippen LogP contribution in [0, 0.1) is 6.92 Å². The summed E-state index contributed by atoms with van der Waals surface area (Å²) in [7, 11) is 1.52. The number of amides is 1. The van der Waals surface area contributed by atoms with Gasteiger partial charge < -0.3 is 19.1 Å². The third-order valence-corrected chi connectivity index (χ3v) is 5.71. The Bertz CT molecular complexity index is 1270. The number of rotatable bonds is 6. The highest BCUT2D eigenvalue weighted by atomic mass is 79.9. The summed E-state index contributed by atoms with van der Waals surface area (Å²) in [6.07, 6.45) is 1.50. The minimum atomic E-state index is -0.289. The zero-order chi connectivity index (χ0) is 23.4. The fraction of sp³-hybridized carbons (Fsp3) is 0.304. The van der Waals surface area contributed by atoms with Gasteiger partial charge in [-0.1, -0.05) is 22.0 Å². The molecule has 0 spiro atoms. The maximum atomic E-state index is 13.0. The van der Waals surface area contributed by atoms with Gasteiger partial charge in [0.05, 0.1) is 37.4 Å². The van der Waals surface area contributed by atoms with E-state index in [0.717, 1.165) is 4.47 Å². The van der Waals surface area contributed by atoms with Gasteiger partial charge in [-0.05, 0) is 37.3 Å². The standard InChI is InChI=1S/C23H23BrN4O5/c1-15-26-19-7-6-17(24)12-18(19)23(30)28(15)25-13-16-4-3-5-20(31-2)22(16)33-14-21(29)27-8-10-32-11-9-27/h3-7,12-13H,8-11,14H2,1-2H3. The normalized spacial score (nSPS) is 14.1. The zero-order valence-corrected chi connectivity index (χ0v) is 19.9. The van der Waals surface area contributed by atoms with E-state index in [9.17, 15) is 9.59 Å². The predicted molar refractivity (Wildman–Crippen MR) is 127 cm³/mol. The lowest BCUT2D eigenvalue weighted by Gasteiger charge is -2.27. The maximum Gasteiger partial charge on any atom is 0.282 e. The molecule has 0 radical (unpaired) electrons. The molecule has 0 atom stereocenters. The smallest absolute Gasteiger partial charge is 0.282 e. The molecule has 2 aromatic carbocycles. The van der Waals surface area contributed by atoms with E-state index in [-0.39, 0.29) is 18.1 Å². The summed E-state index contributed by atoms with van der Waals surface area (Å²) < 4.78 is 18.6. The van der Waals surface area contributed by atoms with Gasteiger partial charge in [-0.2, -0.15) is 9.78 Å². The van der Waals surface area contributed by atoms with E-state index in [0.29, 0.717) is 60.1 Å². The summed E-state index contributed by atoms with van der Waals surface area (Å²) >= 11 is 3.39. The predicted octanol–water partition coefficient (Wildman–Crippen LogP) is 2.60. The minimum Gasteiger partial charge on any atom is -0.493 e. The summed E-state index contributed by atoms with van der Waals surface area (Å²) in [6, 6.07) is 10.6. The molecular formula is C23H23BrN4O5. The topological polar surface area (TPSA) is 95.2 Å². The molecule has 33 heavy (non-hydrogen) atoms. The molecule has 10 heteroatoms. The molecular weight excluding hydrogens is 492 g/mol. The molecule has 0 aliphatic carbocycles. The molecule has 1 aliphatic heterocycles. The van der Waals surface area contributed by atoms with Crippen molar-refractivity contribution in [2.24, 2.45) is 5.10 Å². The average Bonchev–Trinajstić information content (AvgIpc) is 2.83. The number of morpholine rings is 1. The summed E-state index contributed by atoms with van der Waals surface area (Å²) in [5.41, 5.74) is 0.867. The van der Waals surface area contributed by atoms with Crippen molar-refractivity contribution in [1.29, 1.82) is 0 Å². The number of carbonyl (C=O) groups excluding carboxylic acids is 1. The SMILES string of the molecule is COc1cccc(C=Nn2c(C)nc3ccc(Br)cc3c2=O)c1OCC(=O)N1CCOCC1. The van der Waals surface area contributed by atoms with Gasteiger partial charge in [-0.25, -0.2) is 4.98 Å². The Morgan fingerprint density at radius 1 is 1.27 bits per heavy atom. The summed E-state index contributed by atoms with van der Waals surface area (Å²) in [5.74, 6) is 1.13. The Labute approximate surface area is 198 Å². The molecule has 4 rings (SSSR count). The molecule has 172 valence electrons. The Morgan fingerprint density at radius 3 is 2.82 bits per heavy atom. The van der Waals surface area contributed by atoms with Crippen molar-refractivity contribution in [3.8, 4) is 11.5 Å². The molecule has 1 aromatic heterocycles. The van der Waals surface area contributed by atoms with E-state index in [1.54, 1.807) is 42.2 Å². The quantitative estimate of drug-likeness (QED) is 0.469. The Hall–Kier alpha value is -3.24. The second kappa shape index (κ2) is 10.1. The molecule has 9 nitrogen and oxygen atoms in total. The average molecular weight is 515 g/mol. The van der Waals surface area contributed by atoms with Gasteiger partial charge in [-0.3, -0.25) is 9.59 Å². The Kier molecular flexibility index (Phi) is 7.05. The van der Waals surface area contributed by atoms with Crippen LogP contribution in [-0.4, -0.2) is 66.7 Å². The lowest BCUT2D eigenvalue weighted by molar-refractivity contribution is -0.137. The van der Waals surface area contributed by atoms with Crippen molar-refractivity contribution in [1.82, 2.24) is 14.6 Å². The lowest BCUT2D eigenvalue weighted by Crippen LogP contribution is -2.43. The molecule has 1 saturated heterocycles. The first-order valence-electron chi connectivity index (χ1n) is 10.4. The third kappa shape index (κ3) is 5.07. The van der Waals surface area contributed by atoms with Crippen molar-refractivity contribution < 1.29 is 19.0 Å². The van der Waals surface area contributed by atoms with Crippen LogP contribution in [0.25, 0.3) is 10.9 Å². The molecule has 2 heterocycles. The van der Waals surface area contributed by atoms with Gasteiger partial charge in [0.2, 0.25) is 0 Å². The van der Waals surface area contributed by atoms with Crippen molar-refractivity contribution in [3.05, 3.63) is 62.6 Å². The highest BCUT2D eigenvalue weighted by molar-refractivity contribution is 9.10. The second-order valence-electron chi connectivity index (χ2n) is 7.34. The number of nitrogens with zero attached hydrogens (tertiary/aromatic N) is 4. The number of methoxy groups -OCH3 is 1. The first-order chi connectivity index (χ1) is 16.0. The van der Waals surface area contributed by atoms with E-state index in [1.165, 1.54) is 18.0 Å². The van der Waals surface area contributed by atoms with Gasteiger partial charge in [0.15, 0.2) is 18.1 Å². The number of benzene rings is 2. The number of carbonyl (C=O) groups is 1. The van der Waals surface area contributed by atoms with E-state index in [2.05, 4.69) is 26.0 Å². The van der Waals surface area contributed by atoms with Crippen LogP contribution >= 0.6 is 15.9 Å². The monoisotopic (exact) mass is 514 g/mol. The Morgan fingerprint density at radius 2 is 2.06 bits per heavy atom. The van der Waals surface area contributed by atoms with E-state index in [1.807, 2.05) is 6.07 Å². The van der Waals surface area contributed by atoms with Crippen LogP contribution in [0.5, 0.6) is 11.5 Å². The molecule has 1 amide bonds. The minimum absolute atomic E-state index is 0.136. The summed E-state index contributed by atoms with van der Waals surface area (Å²) in [4.78, 5) is 31.7. The van der Waals surface area contributed by atoms with E-state index in [4.69, 9.17) is 14.2 Å². The highest BCUT2D eigenvalue weighted by Crippen LogP contribution is 2.30. The molecule has 3 aromatic rings. The van der Waals surface area contributed by atoms with Gasteiger partial charge in [0.1, 0.15) is 5.82 Å². The van der Waals surface area contributed by atoms with Crippen molar-refractivity contribution >= 4 is 39.0 Å². The largest absolute Gasteiger partial charge is 0.493 e. The molecule has 1 aliphatic rings. The van der Waals surface area contributed by atoms with Gasteiger partial charge in [0, 0.05) is 23.1 Å². The first kappa shape index (κ1) is 22.9. The number of hydrogen-bond donors (Lipinski definition) is 0. The van der Waals surface area contributed by atoms with Crippen molar-refractivity contribution in [2.45, 2.75) is 6.92 Å². The summed E-state index contributed by atoms with van der Waals surface area (Å²) in [5, 5.41) is 4.81. The number of ether oxygens (including phenoxy) is 3. The molecule has 0 saturated carbocycles. The number of halogens is 1. The molecule has 0 N–H and O–H groups in total. The van der Waals surface area contributed by atoms with Crippen molar-refractivity contribution in [3.63, 3.8) is 0 Å². The van der Waals surface area contributed by atoms with E-state index >= 15 is 0 Å². The van der Waals surface area contributed by atoms with Crippen LogP contribution in [0.1, 0.15) is 11.4 Å². The van der Waals surface area contributed by atoms with Crippen LogP contribution < -0.4 is 15.0 Å². The van der Waals surface area contributed by atoms with Crippen LogP contribution in [0.2, 0.25) is 0 Å². The first-order valence-corrected chi connectivity index (χ1v) is 11.2. The second-order valence-corrected chi connectivity index (χ2v) is 8.26. The number of aromatic nitrogens is 2. The number of fused-ring (bicyclic) bond motifs is 1. The van der Waals surface area contributed by atoms with Gasteiger partial charge in [-0.15, -0.1) is 0 Å². The maximum absolute atomic E-state index is 13.0. The molecule has 0 bridgehead atoms. The summed E-state index contributed by atoms with van der Waals surface area (Å²) in [6.45, 7) is 3.67. The number of para-hydroxylation sites is 1. The van der Waals surface area contributed by atoms with Crippen LogP contribution in [0.15, 0.2) is 50.8 Å². The lowest BCUT2D eigenvalue weighted by atomic mass is 10.2.